The first-order chi connectivity index (χ1) is 12.1. The predicted octanol–water partition coefficient (Wildman–Crippen LogP) is 3.80. The second-order valence-corrected chi connectivity index (χ2v) is 6.59. The Hall–Kier alpha value is -2.33. The van der Waals surface area contributed by atoms with Crippen LogP contribution >= 0.6 is 0 Å². The van der Waals surface area contributed by atoms with Gasteiger partial charge in [-0.05, 0) is 30.0 Å². The first-order valence-electron chi connectivity index (χ1n) is 8.73. The highest BCUT2D eigenvalue weighted by Crippen LogP contribution is 2.48. The topological polar surface area (TPSA) is 47.6 Å². The molecule has 3 rings (SSSR count). The van der Waals surface area contributed by atoms with Crippen molar-refractivity contribution in [2.24, 2.45) is 5.92 Å². The maximum Gasteiger partial charge on any atom is 0.331 e. The summed E-state index contributed by atoms with van der Waals surface area (Å²) in [6, 6.07) is 15.9. The number of methoxy groups -OCH3 is 1. The molecule has 1 N–H and O–H groups in total. The number of carbonyl (C=O) groups is 1. The van der Waals surface area contributed by atoms with E-state index in [0.717, 1.165) is 22.4 Å². The highest BCUT2D eigenvalue weighted by atomic mass is 16.5. The molecule has 1 heterocycles. The number of rotatable bonds is 5. The molecule has 0 amide bonds. The van der Waals surface area contributed by atoms with Gasteiger partial charge in [0.2, 0.25) is 0 Å². The normalized spacial score (nSPS) is 21.9. The molecule has 1 aliphatic rings. The summed E-state index contributed by atoms with van der Waals surface area (Å²) in [6.07, 6.45) is 0. The lowest BCUT2D eigenvalue weighted by atomic mass is 9.80. The van der Waals surface area contributed by atoms with Crippen molar-refractivity contribution in [3.8, 4) is 5.75 Å². The number of hydrogen-bond acceptors (Lipinski definition) is 4. The Morgan fingerprint density at radius 2 is 1.88 bits per heavy atom. The molecule has 0 spiro atoms. The number of benzene rings is 2. The standard InChI is InChI=1S/C21H25NO3/c1-5-25-20(23)21(14(2)3)16-12-9-13-17(24-4)18(16)19(22-21)15-10-7-6-8-11-15/h6-14,19,22H,5H2,1-4H3/t19-,21-/m1/s1. The molecule has 0 aromatic heterocycles. The summed E-state index contributed by atoms with van der Waals surface area (Å²) in [6.45, 7) is 6.27. The first-order valence-corrected chi connectivity index (χ1v) is 8.73. The van der Waals surface area contributed by atoms with Crippen molar-refractivity contribution in [1.82, 2.24) is 5.32 Å². The molecule has 0 saturated heterocycles. The molecule has 0 aliphatic carbocycles. The molecule has 0 bridgehead atoms. The average Bonchev–Trinajstić information content (AvgIpc) is 2.99. The van der Waals surface area contributed by atoms with Crippen LogP contribution in [0.25, 0.3) is 0 Å². The van der Waals surface area contributed by atoms with Crippen molar-refractivity contribution < 1.29 is 14.3 Å². The zero-order chi connectivity index (χ0) is 18.0. The average molecular weight is 339 g/mol. The summed E-state index contributed by atoms with van der Waals surface area (Å²) >= 11 is 0. The van der Waals surface area contributed by atoms with E-state index in [1.807, 2.05) is 57.2 Å². The number of nitrogens with one attached hydrogen (secondary N) is 1. The Bertz CT molecular complexity index is 757. The van der Waals surface area contributed by atoms with Gasteiger partial charge in [-0.25, -0.2) is 4.79 Å². The van der Waals surface area contributed by atoms with E-state index in [1.165, 1.54) is 0 Å². The third kappa shape index (κ3) is 2.71. The summed E-state index contributed by atoms with van der Waals surface area (Å²) in [7, 11) is 1.66. The van der Waals surface area contributed by atoms with Gasteiger partial charge in [0.15, 0.2) is 0 Å². The molecule has 2 aromatic rings. The number of fused-ring (bicyclic) bond motifs is 1. The number of esters is 1. The number of ether oxygens (including phenoxy) is 2. The van der Waals surface area contributed by atoms with Crippen LogP contribution in [0.5, 0.6) is 5.75 Å². The van der Waals surface area contributed by atoms with Gasteiger partial charge >= 0.3 is 5.97 Å². The molecule has 0 radical (unpaired) electrons. The van der Waals surface area contributed by atoms with E-state index in [4.69, 9.17) is 9.47 Å². The van der Waals surface area contributed by atoms with Gasteiger partial charge in [0, 0.05) is 5.56 Å². The van der Waals surface area contributed by atoms with E-state index in [-0.39, 0.29) is 17.9 Å². The zero-order valence-corrected chi connectivity index (χ0v) is 15.2. The van der Waals surface area contributed by atoms with Crippen LogP contribution in [0.3, 0.4) is 0 Å². The fourth-order valence-corrected chi connectivity index (χ4v) is 3.76. The van der Waals surface area contributed by atoms with Crippen molar-refractivity contribution in [2.45, 2.75) is 32.4 Å². The van der Waals surface area contributed by atoms with E-state index in [0.29, 0.717) is 6.61 Å². The van der Waals surface area contributed by atoms with Crippen LogP contribution in [0.2, 0.25) is 0 Å². The van der Waals surface area contributed by atoms with Gasteiger partial charge in [0.05, 0.1) is 19.8 Å². The van der Waals surface area contributed by atoms with Crippen molar-refractivity contribution in [3.63, 3.8) is 0 Å². The minimum absolute atomic E-state index is 0.0196. The van der Waals surface area contributed by atoms with Crippen LogP contribution in [-0.2, 0) is 15.1 Å². The fraction of sp³-hybridized carbons (Fsp3) is 0.381. The van der Waals surface area contributed by atoms with E-state index >= 15 is 0 Å². The highest BCUT2D eigenvalue weighted by Gasteiger charge is 2.53. The molecule has 1 aliphatic heterocycles. The Morgan fingerprint density at radius 1 is 1.16 bits per heavy atom. The largest absolute Gasteiger partial charge is 0.496 e. The second-order valence-electron chi connectivity index (χ2n) is 6.59. The SMILES string of the molecule is CCOC(=O)[C@]1(C(C)C)N[C@H](c2ccccc2)c2c(OC)cccc21. The number of carbonyl (C=O) groups excluding carboxylic acids is 1. The summed E-state index contributed by atoms with van der Waals surface area (Å²) < 4.78 is 11.1. The summed E-state index contributed by atoms with van der Waals surface area (Å²) in [4.78, 5) is 13.0. The molecule has 25 heavy (non-hydrogen) atoms. The van der Waals surface area contributed by atoms with Crippen molar-refractivity contribution in [1.29, 1.82) is 0 Å². The molecule has 4 nitrogen and oxygen atoms in total. The molecule has 2 aromatic carbocycles. The quantitative estimate of drug-likeness (QED) is 0.842. The van der Waals surface area contributed by atoms with Gasteiger partial charge in [0.25, 0.3) is 0 Å². The van der Waals surface area contributed by atoms with Crippen molar-refractivity contribution >= 4 is 5.97 Å². The van der Waals surface area contributed by atoms with E-state index in [1.54, 1.807) is 7.11 Å². The Kier molecular flexibility index (Phi) is 4.82. The van der Waals surface area contributed by atoms with E-state index < -0.39 is 5.54 Å². The van der Waals surface area contributed by atoms with Gasteiger partial charge in [-0.15, -0.1) is 0 Å². The van der Waals surface area contributed by atoms with E-state index in [9.17, 15) is 4.79 Å². The molecule has 2 atom stereocenters. The minimum Gasteiger partial charge on any atom is -0.496 e. The summed E-state index contributed by atoms with van der Waals surface area (Å²) in [5.74, 6) is 0.565. The van der Waals surface area contributed by atoms with Gasteiger partial charge in [-0.1, -0.05) is 56.3 Å². The second kappa shape index (κ2) is 6.89. The van der Waals surface area contributed by atoms with Crippen molar-refractivity contribution in [3.05, 3.63) is 65.2 Å². The van der Waals surface area contributed by atoms with Gasteiger partial charge in [-0.3, -0.25) is 5.32 Å². The van der Waals surface area contributed by atoms with Crippen molar-refractivity contribution in [2.75, 3.05) is 13.7 Å². The molecule has 0 unspecified atom stereocenters. The molecule has 4 heteroatoms. The lowest BCUT2D eigenvalue weighted by Gasteiger charge is -2.33. The Morgan fingerprint density at radius 3 is 2.48 bits per heavy atom. The third-order valence-corrected chi connectivity index (χ3v) is 4.97. The van der Waals surface area contributed by atoms with Crippen LogP contribution in [0.4, 0.5) is 0 Å². The van der Waals surface area contributed by atoms with Crippen LogP contribution < -0.4 is 10.1 Å². The number of hydrogen-bond donors (Lipinski definition) is 1. The Labute approximate surface area is 149 Å². The molecule has 0 saturated carbocycles. The van der Waals surface area contributed by atoms with Crippen LogP contribution in [0.15, 0.2) is 48.5 Å². The highest BCUT2D eigenvalue weighted by molar-refractivity contribution is 5.86. The molecule has 0 fully saturated rings. The smallest absolute Gasteiger partial charge is 0.331 e. The van der Waals surface area contributed by atoms with Crippen LogP contribution in [0.1, 0.15) is 43.5 Å². The summed E-state index contributed by atoms with van der Waals surface area (Å²) in [5.41, 5.74) is 2.16. The molecular weight excluding hydrogens is 314 g/mol. The maximum atomic E-state index is 13.0. The van der Waals surface area contributed by atoms with Gasteiger partial charge < -0.3 is 9.47 Å². The predicted molar refractivity (Wildman–Crippen MR) is 97.6 cm³/mol. The van der Waals surface area contributed by atoms with E-state index in [2.05, 4.69) is 17.4 Å². The monoisotopic (exact) mass is 339 g/mol. The lowest BCUT2D eigenvalue weighted by molar-refractivity contribution is -0.153. The lowest BCUT2D eigenvalue weighted by Crippen LogP contribution is -2.51. The summed E-state index contributed by atoms with van der Waals surface area (Å²) in [5, 5.41) is 3.59. The molecular formula is C21H25NO3. The maximum absolute atomic E-state index is 13.0. The Balaban J connectivity index is 2.24. The third-order valence-electron chi connectivity index (χ3n) is 4.97. The molecule has 132 valence electrons. The van der Waals surface area contributed by atoms with Crippen LogP contribution in [-0.4, -0.2) is 19.7 Å². The minimum atomic E-state index is -0.889. The fourth-order valence-electron chi connectivity index (χ4n) is 3.76. The first kappa shape index (κ1) is 17.5. The van der Waals surface area contributed by atoms with Gasteiger partial charge in [-0.2, -0.15) is 0 Å². The zero-order valence-electron chi connectivity index (χ0n) is 15.2. The van der Waals surface area contributed by atoms with Crippen LogP contribution in [0, 0.1) is 5.92 Å². The van der Waals surface area contributed by atoms with Gasteiger partial charge in [0.1, 0.15) is 11.3 Å².